The number of hydrogen-bond acceptors (Lipinski definition) is 1. The third-order valence-corrected chi connectivity index (χ3v) is 5.75. The molecule has 1 N–H and O–H groups in total. The van der Waals surface area contributed by atoms with E-state index in [-0.39, 0.29) is 0 Å². The zero-order valence-corrected chi connectivity index (χ0v) is 20.2. The predicted molar refractivity (Wildman–Crippen MR) is 126 cm³/mol. The molecule has 0 aliphatic rings. The first-order chi connectivity index (χ1) is 13.4. The molecule has 28 heavy (non-hydrogen) atoms. The van der Waals surface area contributed by atoms with Gasteiger partial charge in [0.05, 0.1) is 26.2 Å². The van der Waals surface area contributed by atoms with Gasteiger partial charge < -0.3 is 9.59 Å². The first-order valence-corrected chi connectivity index (χ1v) is 12.0. The number of aryl methyl sites for hydroxylation is 1. The fourth-order valence-electron chi connectivity index (χ4n) is 3.79. The molecule has 0 fully saturated rings. The molecule has 0 heterocycles. The molecule has 0 bridgehead atoms. The Balaban J connectivity index is 0.000000567. The van der Waals surface area contributed by atoms with Crippen LogP contribution in [0.2, 0.25) is 0 Å². The number of hydrogen-bond donors (Lipinski definition) is 1. The average Bonchev–Trinajstić information content (AvgIpc) is 2.67. The predicted octanol–water partition coefficient (Wildman–Crippen LogP) is 7.83. The van der Waals surface area contributed by atoms with E-state index >= 15 is 0 Å². The molecule has 2 nitrogen and oxygen atoms in total. The Morgan fingerprint density at radius 3 is 1.43 bits per heavy atom. The van der Waals surface area contributed by atoms with Crippen LogP contribution in [0.4, 0.5) is 0 Å². The number of phenols is 1. The average molecular weight is 393 g/mol. The number of aromatic hydroxyl groups is 1. The van der Waals surface area contributed by atoms with E-state index in [0.29, 0.717) is 11.7 Å². The molecule has 0 aromatic heterocycles. The van der Waals surface area contributed by atoms with Gasteiger partial charge in [0.2, 0.25) is 0 Å². The lowest BCUT2D eigenvalue weighted by Crippen LogP contribution is -2.50. The zero-order valence-electron chi connectivity index (χ0n) is 20.2. The Bertz CT molecular complexity index is 458. The van der Waals surface area contributed by atoms with Crippen molar-refractivity contribution in [1.29, 1.82) is 0 Å². The zero-order chi connectivity index (χ0) is 21.4. The SMILES string of the molecule is CCCC[N+](CCCC)(CCCC)CCCC.Cc1ccc(C(C)C)c(O)c1. The van der Waals surface area contributed by atoms with Crippen molar-refractivity contribution in [3.05, 3.63) is 29.3 Å². The Labute approximate surface area is 177 Å². The highest BCUT2D eigenvalue weighted by Gasteiger charge is 2.24. The van der Waals surface area contributed by atoms with Crippen LogP contribution in [0.1, 0.15) is 110 Å². The highest BCUT2D eigenvalue weighted by molar-refractivity contribution is 5.37. The molecule has 1 aromatic rings. The van der Waals surface area contributed by atoms with Crippen molar-refractivity contribution >= 4 is 0 Å². The van der Waals surface area contributed by atoms with Crippen molar-refractivity contribution in [2.24, 2.45) is 0 Å². The fourth-order valence-corrected chi connectivity index (χ4v) is 3.79. The normalized spacial score (nSPS) is 11.4. The fraction of sp³-hybridized carbons (Fsp3) is 0.769. The van der Waals surface area contributed by atoms with Crippen molar-refractivity contribution in [2.45, 2.75) is 106 Å². The molecule has 0 unspecified atom stereocenters. The minimum absolute atomic E-state index is 0.399. The van der Waals surface area contributed by atoms with Gasteiger partial charge in [-0.2, -0.15) is 0 Å². The first-order valence-electron chi connectivity index (χ1n) is 12.0. The molecule has 0 aliphatic carbocycles. The minimum Gasteiger partial charge on any atom is -0.508 e. The number of phenolic OH excluding ortho intramolecular Hbond substituents is 1. The summed E-state index contributed by atoms with van der Waals surface area (Å²) < 4.78 is 1.42. The second-order valence-electron chi connectivity index (χ2n) is 8.87. The number of rotatable bonds is 13. The van der Waals surface area contributed by atoms with Gasteiger partial charge in [0.1, 0.15) is 5.75 Å². The summed E-state index contributed by atoms with van der Waals surface area (Å²) in [7, 11) is 0. The lowest BCUT2D eigenvalue weighted by atomic mass is 10.0. The molecule has 164 valence electrons. The summed E-state index contributed by atoms with van der Waals surface area (Å²) in [6, 6.07) is 5.81. The van der Waals surface area contributed by atoms with Gasteiger partial charge in [-0.3, -0.25) is 0 Å². The van der Waals surface area contributed by atoms with E-state index in [9.17, 15) is 5.11 Å². The third kappa shape index (κ3) is 11.1. The maximum absolute atomic E-state index is 9.46. The molecule has 0 aliphatic heterocycles. The minimum atomic E-state index is 0.399. The number of benzene rings is 1. The molecule has 0 amide bonds. The van der Waals surface area contributed by atoms with Crippen molar-refractivity contribution < 1.29 is 9.59 Å². The highest BCUT2D eigenvalue weighted by atomic mass is 16.3. The van der Waals surface area contributed by atoms with Crippen LogP contribution in [0.15, 0.2) is 18.2 Å². The van der Waals surface area contributed by atoms with Crippen LogP contribution in [-0.4, -0.2) is 35.8 Å². The van der Waals surface area contributed by atoms with Crippen molar-refractivity contribution in [1.82, 2.24) is 0 Å². The lowest BCUT2D eigenvalue weighted by molar-refractivity contribution is -0.929. The van der Waals surface area contributed by atoms with Crippen molar-refractivity contribution in [3.63, 3.8) is 0 Å². The van der Waals surface area contributed by atoms with Gasteiger partial charge in [-0.05, 0) is 55.7 Å². The molecule has 0 atom stereocenters. The number of nitrogens with zero attached hydrogens (tertiary/aromatic N) is 1. The van der Waals surface area contributed by atoms with Gasteiger partial charge >= 0.3 is 0 Å². The van der Waals surface area contributed by atoms with E-state index < -0.39 is 0 Å². The van der Waals surface area contributed by atoms with E-state index in [1.807, 2.05) is 19.1 Å². The van der Waals surface area contributed by atoms with Crippen LogP contribution < -0.4 is 0 Å². The summed E-state index contributed by atoms with van der Waals surface area (Å²) in [5.41, 5.74) is 2.13. The molecular formula is C26H50NO+. The molecule has 1 rings (SSSR count). The summed E-state index contributed by atoms with van der Waals surface area (Å²) in [4.78, 5) is 0. The lowest BCUT2D eigenvalue weighted by Gasteiger charge is -2.39. The second kappa shape index (κ2) is 15.9. The molecule has 0 saturated heterocycles. The van der Waals surface area contributed by atoms with E-state index in [1.54, 1.807) is 6.07 Å². The van der Waals surface area contributed by atoms with E-state index in [2.05, 4.69) is 41.5 Å². The van der Waals surface area contributed by atoms with Crippen LogP contribution in [-0.2, 0) is 0 Å². The summed E-state index contributed by atoms with van der Waals surface area (Å²) in [5, 5.41) is 9.46. The first kappa shape index (κ1) is 27.0. The van der Waals surface area contributed by atoms with Crippen molar-refractivity contribution in [2.75, 3.05) is 26.2 Å². The van der Waals surface area contributed by atoms with Gasteiger partial charge in [-0.25, -0.2) is 0 Å². The summed E-state index contributed by atoms with van der Waals surface area (Å²) in [5.74, 6) is 0.815. The quantitative estimate of drug-likeness (QED) is 0.339. The summed E-state index contributed by atoms with van der Waals surface area (Å²) in [6.07, 6.45) is 11.1. The van der Waals surface area contributed by atoms with Crippen LogP contribution in [0, 0.1) is 6.92 Å². The summed E-state index contributed by atoms with van der Waals surface area (Å²) in [6.45, 7) is 21.1. The van der Waals surface area contributed by atoms with Gasteiger partial charge in [0.15, 0.2) is 0 Å². The Kier molecular flexibility index (Phi) is 15.3. The van der Waals surface area contributed by atoms with Gasteiger partial charge in [0, 0.05) is 0 Å². The van der Waals surface area contributed by atoms with Gasteiger partial charge in [0.25, 0.3) is 0 Å². The summed E-state index contributed by atoms with van der Waals surface area (Å²) >= 11 is 0. The topological polar surface area (TPSA) is 20.2 Å². The molecule has 2 heteroatoms. The third-order valence-electron chi connectivity index (χ3n) is 5.75. The van der Waals surface area contributed by atoms with E-state index in [0.717, 1.165) is 11.1 Å². The number of unbranched alkanes of at least 4 members (excludes halogenated alkanes) is 4. The second-order valence-corrected chi connectivity index (χ2v) is 8.87. The van der Waals surface area contributed by atoms with Crippen LogP contribution in [0.5, 0.6) is 5.75 Å². The Morgan fingerprint density at radius 1 is 0.750 bits per heavy atom. The van der Waals surface area contributed by atoms with Gasteiger partial charge in [-0.1, -0.05) is 79.4 Å². The number of quaternary nitrogens is 1. The molecular weight excluding hydrogens is 342 g/mol. The largest absolute Gasteiger partial charge is 0.508 e. The van der Waals surface area contributed by atoms with Crippen molar-refractivity contribution in [3.8, 4) is 5.75 Å². The Morgan fingerprint density at radius 2 is 1.14 bits per heavy atom. The maximum atomic E-state index is 9.46. The van der Waals surface area contributed by atoms with Gasteiger partial charge in [-0.15, -0.1) is 0 Å². The monoisotopic (exact) mass is 392 g/mol. The highest BCUT2D eigenvalue weighted by Crippen LogP contribution is 2.25. The van der Waals surface area contributed by atoms with Crippen LogP contribution in [0.25, 0.3) is 0 Å². The smallest absolute Gasteiger partial charge is 0.119 e. The molecule has 0 radical (unpaired) electrons. The molecule has 0 spiro atoms. The molecule has 1 aromatic carbocycles. The standard InChI is InChI=1S/C16H36N.C10H14O/c1-5-9-13-17(14-10-6-2,15-11-7-3)16-12-8-4;1-7(2)9-5-4-8(3)6-10(9)11/h5-16H2,1-4H3;4-7,11H,1-3H3/q+1;. The van der Waals surface area contributed by atoms with E-state index in [1.165, 1.54) is 82.0 Å². The molecule has 0 saturated carbocycles. The Hall–Kier alpha value is -1.02. The maximum Gasteiger partial charge on any atom is 0.119 e. The van der Waals surface area contributed by atoms with E-state index in [4.69, 9.17) is 0 Å². The van der Waals surface area contributed by atoms with Crippen LogP contribution in [0.3, 0.4) is 0 Å². The van der Waals surface area contributed by atoms with Crippen LogP contribution >= 0.6 is 0 Å².